The third kappa shape index (κ3) is 4.92. The lowest BCUT2D eigenvalue weighted by Gasteiger charge is -2.42. The van der Waals surface area contributed by atoms with E-state index in [4.69, 9.17) is 4.74 Å². The maximum atomic E-state index is 13.1. The molecule has 3 heterocycles. The van der Waals surface area contributed by atoms with Gasteiger partial charge in [-0.05, 0) is 56.1 Å². The van der Waals surface area contributed by atoms with E-state index in [-0.39, 0.29) is 30.6 Å². The van der Waals surface area contributed by atoms with Crippen molar-refractivity contribution in [2.75, 3.05) is 31.3 Å². The van der Waals surface area contributed by atoms with Crippen LogP contribution in [0.2, 0.25) is 0 Å². The summed E-state index contributed by atoms with van der Waals surface area (Å²) < 4.78 is 32.7. The van der Waals surface area contributed by atoms with Gasteiger partial charge in [-0.2, -0.15) is 0 Å². The van der Waals surface area contributed by atoms with Gasteiger partial charge >= 0.3 is 0 Å². The highest BCUT2D eigenvalue weighted by molar-refractivity contribution is 7.88. The number of para-hydroxylation sites is 1. The van der Waals surface area contributed by atoms with Crippen molar-refractivity contribution < 1.29 is 17.9 Å². The van der Waals surface area contributed by atoms with Gasteiger partial charge in [0.25, 0.3) is 0 Å². The van der Waals surface area contributed by atoms with Crippen LogP contribution in [0.3, 0.4) is 0 Å². The van der Waals surface area contributed by atoms with Gasteiger partial charge in [-0.3, -0.25) is 4.79 Å². The van der Waals surface area contributed by atoms with Gasteiger partial charge < -0.3 is 15.0 Å². The first-order chi connectivity index (χ1) is 13.9. The van der Waals surface area contributed by atoms with Crippen LogP contribution in [-0.2, 0) is 19.6 Å². The summed E-state index contributed by atoms with van der Waals surface area (Å²) in [6, 6.07) is 7.68. The first kappa shape index (κ1) is 20.6. The first-order valence-corrected chi connectivity index (χ1v) is 12.5. The third-order valence-corrected chi connectivity index (χ3v) is 7.20. The first-order valence-electron chi connectivity index (χ1n) is 10.6. The average molecular weight is 422 g/mol. The average Bonchev–Trinajstić information content (AvgIpc) is 2.71. The molecule has 29 heavy (non-hydrogen) atoms. The van der Waals surface area contributed by atoms with Crippen LogP contribution in [0.5, 0.6) is 0 Å². The van der Waals surface area contributed by atoms with Gasteiger partial charge in [-0.25, -0.2) is 13.1 Å². The molecule has 2 fully saturated rings. The van der Waals surface area contributed by atoms with Gasteiger partial charge in [0.15, 0.2) is 0 Å². The van der Waals surface area contributed by atoms with Crippen LogP contribution in [0.15, 0.2) is 24.3 Å². The minimum absolute atomic E-state index is 0.0139. The number of ether oxygens (including phenoxy) is 1. The lowest BCUT2D eigenvalue weighted by molar-refractivity contribution is -0.136. The fraction of sp³-hybridized carbons (Fsp3) is 0.667. The Morgan fingerprint density at radius 1 is 1.14 bits per heavy atom. The highest BCUT2D eigenvalue weighted by atomic mass is 32.2. The van der Waals surface area contributed by atoms with Gasteiger partial charge in [-0.1, -0.05) is 18.2 Å². The number of anilines is 1. The molecule has 0 radical (unpaired) electrons. The number of fused-ring (bicyclic) bond motifs is 5. The number of rotatable bonds is 2. The van der Waals surface area contributed by atoms with Gasteiger partial charge in [0, 0.05) is 18.3 Å². The number of nitrogens with zero attached hydrogens (tertiary/aromatic N) is 1. The van der Waals surface area contributed by atoms with Crippen LogP contribution in [0.4, 0.5) is 5.69 Å². The molecule has 2 N–H and O–H groups in total. The van der Waals surface area contributed by atoms with E-state index in [1.165, 1.54) is 11.8 Å². The smallest absolute Gasteiger partial charge is 0.242 e. The number of carbonyl (C=O) groups is 1. The molecule has 160 valence electrons. The van der Waals surface area contributed by atoms with E-state index in [0.29, 0.717) is 25.5 Å². The van der Waals surface area contributed by atoms with Gasteiger partial charge in [0.05, 0.1) is 31.6 Å². The number of hydrogen-bond donors (Lipinski definition) is 2. The fourth-order valence-electron chi connectivity index (χ4n) is 5.05. The molecule has 0 unspecified atom stereocenters. The number of sulfonamides is 1. The van der Waals surface area contributed by atoms with Crippen LogP contribution in [0, 0.1) is 0 Å². The number of benzene rings is 1. The predicted octanol–water partition coefficient (Wildman–Crippen LogP) is 2.06. The zero-order chi connectivity index (χ0) is 20.4. The minimum Gasteiger partial charge on any atom is -0.376 e. The van der Waals surface area contributed by atoms with Crippen molar-refractivity contribution >= 4 is 21.6 Å². The molecular formula is C21H31N3O4S. The Labute approximate surface area is 173 Å². The van der Waals surface area contributed by atoms with Crippen LogP contribution in [-0.4, -0.2) is 63.4 Å². The van der Waals surface area contributed by atoms with E-state index in [1.807, 2.05) is 17.0 Å². The fourth-order valence-corrected chi connectivity index (χ4v) is 5.87. The highest BCUT2D eigenvalue weighted by Gasteiger charge is 2.37. The molecule has 0 spiro atoms. The molecule has 4 aliphatic rings. The molecule has 2 bridgehead atoms. The molecule has 1 aromatic carbocycles. The van der Waals surface area contributed by atoms with E-state index in [0.717, 1.165) is 37.8 Å². The lowest BCUT2D eigenvalue weighted by Crippen LogP contribution is -2.59. The summed E-state index contributed by atoms with van der Waals surface area (Å²) in [7, 11) is -3.36. The summed E-state index contributed by atoms with van der Waals surface area (Å²) in [6.07, 6.45) is 6.95. The van der Waals surface area contributed by atoms with E-state index in [2.05, 4.69) is 22.2 Å². The Morgan fingerprint density at radius 2 is 1.90 bits per heavy atom. The van der Waals surface area contributed by atoms with E-state index < -0.39 is 10.0 Å². The molecular weight excluding hydrogens is 390 g/mol. The number of nitrogens with one attached hydrogen (secondary N) is 2. The number of carbonyl (C=O) groups excluding carboxylic acids is 1. The van der Waals surface area contributed by atoms with Crippen LogP contribution < -0.4 is 10.0 Å². The molecule has 1 saturated carbocycles. The highest BCUT2D eigenvalue weighted by Crippen LogP contribution is 2.38. The van der Waals surface area contributed by atoms with Gasteiger partial charge in [-0.15, -0.1) is 0 Å². The van der Waals surface area contributed by atoms with Gasteiger partial charge in [0.2, 0.25) is 15.9 Å². The second-order valence-electron chi connectivity index (χ2n) is 8.54. The monoisotopic (exact) mass is 421 g/mol. The Kier molecular flexibility index (Phi) is 6.13. The third-order valence-electron chi connectivity index (χ3n) is 6.47. The quantitative estimate of drug-likeness (QED) is 0.763. The van der Waals surface area contributed by atoms with Gasteiger partial charge in [0.1, 0.15) is 0 Å². The summed E-state index contributed by atoms with van der Waals surface area (Å²) in [5.74, 6) is 0.469. The van der Waals surface area contributed by atoms with Crippen molar-refractivity contribution in [3.05, 3.63) is 29.8 Å². The molecule has 1 aromatic rings. The van der Waals surface area contributed by atoms with E-state index in [9.17, 15) is 13.2 Å². The number of amides is 1. The molecule has 2 atom stereocenters. The Hall–Kier alpha value is -1.64. The molecule has 8 heteroatoms. The normalized spacial score (nSPS) is 30.9. The second kappa shape index (κ2) is 8.62. The van der Waals surface area contributed by atoms with E-state index >= 15 is 0 Å². The van der Waals surface area contributed by atoms with Crippen molar-refractivity contribution in [1.29, 1.82) is 0 Å². The van der Waals surface area contributed by atoms with Crippen LogP contribution in [0.25, 0.3) is 0 Å². The Morgan fingerprint density at radius 3 is 2.66 bits per heavy atom. The van der Waals surface area contributed by atoms with Crippen molar-refractivity contribution in [3.63, 3.8) is 0 Å². The minimum atomic E-state index is -3.36. The summed E-state index contributed by atoms with van der Waals surface area (Å²) in [5.41, 5.74) is 2.31. The summed E-state index contributed by atoms with van der Waals surface area (Å²) >= 11 is 0. The maximum absolute atomic E-state index is 13.1. The number of piperidine rings is 1. The molecule has 5 rings (SSSR count). The molecule has 7 nitrogen and oxygen atoms in total. The second-order valence-corrected chi connectivity index (χ2v) is 10.3. The van der Waals surface area contributed by atoms with Crippen molar-refractivity contribution in [2.24, 2.45) is 0 Å². The predicted molar refractivity (Wildman–Crippen MR) is 112 cm³/mol. The maximum Gasteiger partial charge on any atom is 0.242 e. The van der Waals surface area contributed by atoms with Crippen LogP contribution >= 0.6 is 0 Å². The molecule has 3 aliphatic heterocycles. The summed E-state index contributed by atoms with van der Waals surface area (Å²) in [5, 5.41) is 3.36. The Bertz CT molecular complexity index is 836. The van der Waals surface area contributed by atoms with Crippen molar-refractivity contribution in [3.8, 4) is 0 Å². The largest absolute Gasteiger partial charge is 0.376 e. The Balaban J connectivity index is 1.61. The SMILES string of the molecule is CS(=O)(=O)N[C@H]1CCCN2C(=O)CNc3ccccc3C3CCC(CC3)OC[C@@H]12. The zero-order valence-corrected chi connectivity index (χ0v) is 17.8. The summed E-state index contributed by atoms with van der Waals surface area (Å²) in [4.78, 5) is 14.9. The van der Waals surface area contributed by atoms with Crippen molar-refractivity contribution in [2.45, 2.75) is 62.6 Å². The molecule has 1 aliphatic carbocycles. The van der Waals surface area contributed by atoms with E-state index in [1.54, 1.807) is 0 Å². The molecule has 0 aromatic heterocycles. The standard InChI is InChI=1S/C21H31N3O4S/c1-29(26,27)23-19-7-4-12-24-20(19)14-28-16-10-8-15(9-11-16)17-5-2-3-6-18(17)22-13-21(24)25/h2-3,5-6,15-16,19-20,22-23H,4,7-14H2,1H3/t15?,16?,19-,20-/m0/s1. The summed E-state index contributed by atoms with van der Waals surface area (Å²) in [6.45, 7) is 1.21. The molecule has 1 amide bonds. The topological polar surface area (TPSA) is 87.7 Å². The van der Waals surface area contributed by atoms with Crippen molar-refractivity contribution in [1.82, 2.24) is 9.62 Å². The lowest BCUT2D eigenvalue weighted by atomic mass is 9.82. The number of hydrogen-bond acceptors (Lipinski definition) is 5. The molecule has 1 saturated heterocycles. The zero-order valence-electron chi connectivity index (χ0n) is 17.0. The van der Waals surface area contributed by atoms with Crippen LogP contribution in [0.1, 0.15) is 50.0 Å².